The fourth-order valence-electron chi connectivity index (χ4n) is 4.22. The lowest BCUT2D eigenvalue weighted by Crippen LogP contribution is -2.47. The fraction of sp³-hybridized carbons (Fsp3) is 0.333. The Kier molecular flexibility index (Phi) is 5.71. The third-order valence-corrected chi connectivity index (χ3v) is 6.86. The number of rotatable bonds is 5. The van der Waals surface area contributed by atoms with E-state index in [1.54, 1.807) is 12.3 Å². The molecule has 0 spiro atoms. The van der Waals surface area contributed by atoms with Crippen LogP contribution in [0, 0.1) is 9.49 Å². The number of benzene rings is 2. The molecule has 2 aliphatic heterocycles. The van der Waals surface area contributed by atoms with Crippen molar-refractivity contribution in [3.05, 3.63) is 63.4 Å². The van der Waals surface area contributed by atoms with Gasteiger partial charge in [0.05, 0.1) is 5.57 Å². The number of carbonyl (C=O) groups excluding carboxylic acids is 2. The van der Waals surface area contributed by atoms with Gasteiger partial charge in [-0.2, -0.15) is 0 Å². The molecule has 6 nitrogen and oxygen atoms in total. The van der Waals surface area contributed by atoms with Gasteiger partial charge < -0.3 is 10.2 Å². The van der Waals surface area contributed by atoms with E-state index in [1.807, 2.05) is 24.3 Å². The molecule has 2 amide bonds. The first-order chi connectivity index (χ1) is 15.1. The number of anilines is 2. The molecule has 2 aromatic rings. The predicted octanol–water partition coefficient (Wildman–Crippen LogP) is 3.55. The normalized spacial score (nSPS) is 20.5. The standard InChI is InChI=1S/C24H25IN4O2/c25-17-3-8-20-21(13-17)22(24(31)27-23(20)30)14-26-18-4-6-19(7-5-18)29-11-9-28(10-12-29)15-16-1-2-16/h3-8,13-14,16,26H,1-2,9-12,15H2,(H,27,30,31)/b22-14-. The Morgan fingerprint density at radius 2 is 1.71 bits per heavy atom. The molecule has 1 aliphatic carbocycles. The molecular formula is C24H25IN4O2. The van der Waals surface area contributed by atoms with Crippen LogP contribution < -0.4 is 15.5 Å². The number of piperazine rings is 1. The monoisotopic (exact) mass is 528 g/mol. The van der Waals surface area contributed by atoms with Gasteiger partial charge in [-0.05, 0) is 83.8 Å². The molecule has 0 atom stereocenters. The summed E-state index contributed by atoms with van der Waals surface area (Å²) in [6, 6.07) is 13.8. The molecule has 2 fully saturated rings. The van der Waals surface area contributed by atoms with Gasteiger partial charge in [0, 0.05) is 65.0 Å². The minimum atomic E-state index is -0.382. The zero-order valence-corrected chi connectivity index (χ0v) is 19.4. The summed E-state index contributed by atoms with van der Waals surface area (Å²) in [5.74, 6) is 0.216. The van der Waals surface area contributed by atoms with Crippen molar-refractivity contribution in [3.8, 4) is 0 Å². The average Bonchev–Trinajstić information content (AvgIpc) is 3.58. The highest BCUT2D eigenvalue weighted by Gasteiger charge is 2.28. The van der Waals surface area contributed by atoms with Crippen molar-refractivity contribution in [1.82, 2.24) is 10.2 Å². The Labute approximate surface area is 195 Å². The van der Waals surface area contributed by atoms with Gasteiger partial charge in [0.2, 0.25) is 0 Å². The van der Waals surface area contributed by atoms with E-state index in [1.165, 1.54) is 25.1 Å². The topological polar surface area (TPSA) is 64.7 Å². The molecule has 1 saturated heterocycles. The number of nitrogens with zero attached hydrogens (tertiary/aromatic N) is 2. The largest absolute Gasteiger partial charge is 0.369 e. The van der Waals surface area contributed by atoms with Crippen molar-refractivity contribution >= 4 is 51.4 Å². The molecule has 2 aromatic carbocycles. The van der Waals surface area contributed by atoms with Crippen molar-refractivity contribution in [2.75, 3.05) is 42.9 Å². The van der Waals surface area contributed by atoms with Gasteiger partial charge in [0.1, 0.15) is 0 Å². The Morgan fingerprint density at radius 1 is 0.968 bits per heavy atom. The number of carbonyl (C=O) groups is 2. The minimum Gasteiger partial charge on any atom is -0.369 e. The molecule has 160 valence electrons. The first-order valence-electron chi connectivity index (χ1n) is 10.8. The molecule has 0 radical (unpaired) electrons. The smallest absolute Gasteiger partial charge is 0.260 e. The van der Waals surface area contributed by atoms with Gasteiger partial charge in [-0.1, -0.05) is 0 Å². The molecule has 3 aliphatic rings. The number of hydrogen-bond acceptors (Lipinski definition) is 5. The Morgan fingerprint density at radius 3 is 2.42 bits per heavy atom. The third-order valence-electron chi connectivity index (χ3n) is 6.19. The van der Waals surface area contributed by atoms with Gasteiger partial charge in [-0.15, -0.1) is 0 Å². The highest BCUT2D eigenvalue weighted by molar-refractivity contribution is 14.1. The van der Waals surface area contributed by atoms with Gasteiger partial charge in [-0.3, -0.25) is 19.8 Å². The maximum atomic E-state index is 12.4. The first kappa shape index (κ1) is 20.5. The fourth-order valence-corrected chi connectivity index (χ4v) is 4.71. The molecule has 2 N–H and O–H groups in total. The number of nitrogens with one attached hydrogen (secondary N) is 2. The maximum absolute atomic E-state index is 12.4. The maximum Gasteiger partial charge on any atom is 0.260 e. The summed E-state index contributed by atoms with van der Waals surface area (Å²) in [7, 11) is 0. The Balaban J connectivity index is 1.25. The molecule has 7 heteroatoms. The van der Waals surface area contributed by atoms with Crippen LogP contribution in [0.5, 0.6) is 0 Å². The van der Waals surface area contributed by atoms with Crippen LogP contribution in [-0.2, 0) is 4.79 Å². The molecule has 31 heavy (non-hydrogen) atoms. The van der Waals surface area contributed by atoms with E-state index in [0.29, 0.717) is 16.7 Å². The van der Waals surface area contributed by atoms with Crippen LogP contribution in [0.2, 0.25) is 0 Å². The quantitative estimate of drug-likeness (QED) is 0.353. The van der Waals surface area contributed by atoms with Gasteiger partial charge in [0.25, 0.3) is 11.8 Å². The molecular weight excluding hydrogens is 503 g/mol. The Hall–Kier alpha value is -2.39. The lowest BCUT2D eigenvalue weighted by molar-refractivity contribution is -0.114. The summed E-state index contributed by atoms with van der Waals surface area (Å²) >= 11 is 2.19. The Bertz CT molecular complexity index is 1040. The van der Waals surface area contributed by atoms with Gasteiger partial charge >= 0.3 is 0 Å². The van der Waals surface area contributed by atoms with Crippen LogP contribution in [0.15, 0.2) is 48.7 Å². The van der Waals surface area contributed by atoms with Crippen LogP contribution in [0.4, 0.5) is 11.4 Å². The van der Waals surface area contributed by atoms with E-state index in [2.05, 4.69) is 55.2 Å². The molecule has 1 saturated carbocycles. The summed E-state index contributed by atoms with van der Waals surface area (Å²) < 4.78 is 0.978. The second kappa shape index (κ2) is 8.63. The second-order valence-electron chi connectivity index (χ2n) is 8.45. The van der Waals surface area contributed by atoms with Crippen LogP contribution in [0.1, 0.15) is 28.8 Å². The van der Waals surface area contributed by atoms with Crippen molar-refractivity contribution in [2.24, 2.45) is 5.92 Å². The summed E-state index contributed by atoms with van der Waals surface area (Å²) in [6.07, 6.45) is 4.50. The van der Waals surface area contributed by atoms with E-state index in [9.17, 15) is 9.59 Å². The van der Waals surface area contributed by atoms with Crippen LogP contribution in [-0.4, -0.2) is 49.4 Å². The SMILES string of the molecule is O=C1NC(=O)c2ccc(I)cc2/C1=C/Nc1ccc(N2CCN(CC3CC3)CC2)cc1. The molecule has 0 unspecified atom stereocenters. The number of imide groups is 1. The van der Waals surface area contributed by atoms with E-state index in [4.69, 9.17) is 0 Å². The van der Waals surface area contributed by atoms with Gasteiger partial charge in [-0.25, -0.2) is 0 Å². The van der Waals surface area contributed by atoms with Gasteiger partial charge in [0.15, 0.2) is 0 Å². The second-order valence-corrected chi connectivity index (χ2v) is 9.70. The summed E-state index contributed by atoms with van der Waals surface area (Å²) in [6.45, 7) is 5.66. The van der Waals surface area contributed by atoms with Crippen molar-refractivity contribution < 1.29 is 9.59 Å². The van der Waals surface area contributed by atoms with Crippen LogP contribution in [0.25, 0.3) is 5.57 Å². The zero-order chi connectivity index (χ0) is 21.4. The van der Waals surface area contributed by atoms with Crippen molar-refractivity contribution in [2.45, 2.75) is 12.8 Å². The number of amides is 2. The number of halogens is 1. The zero-order valence-electron chi connectivity index (χ0n) is 17.2. The molecule has 0 aromatic heterocycles. The predicted molar refractivity (Wildman–Crippen MR) is 131 cm³/mol. The van der Waals surface area contributed by atoms with Crippen LogP contribution in [0.3, 0.4) is 0 Å². The minimum absolute atomic E-state index is 0.352. The van der Waals surface area contributed by atoms with E-state index in [0.717, 1.165) is 41.4 Å². The summed E-state index contributed by atoms with van der Waals surface area (Å²) in [5, 5.41) is 5.64. The first-order valence-corrected chi connectivity index (χ1v) is 11.8. The average molecular weight is 528 g/mol. The van der Waals surface area contributed by atoms with E-state index >= 15 is 0 Å². The summed E-state index contributed by atoms with van der Waals surface area (Å²) in [4.78, 5) is 29.5. The number of hydrogen-bond donors (Lipinski definition) is 2. The highest BCUT2D eigenvalue weighted by atomic mass is 127. The lowest BCUT2D eigenvalue weighted by Gasteiger charge is -2.36. The lowest BCUT2D eigenvalue weighted by atomic mass is 9.95. The summed E-state index contributed by atoms with van der Waals surface area (Å²) in [5.41, 5.74) is 3.77. The van der Waals surface area contributed by atoms with Crippen LogP contribution >= 0.6 is 22.6 Å². The highest BCUT2D eigenvalue weighted by Crippen LogP contribution is 2.30. The molecule has 0 bridgehead atoms. The number of fused-ring (bicyclic) bond motifs is 1. The van der Waals surface area contributed by atoms with E-state index < -0.39 is 0 Å². The molecule has 2 heterocycles. The third kappa shape index (κ3) is 4.62. The van der Waals surface area contributed by atoms with Crippen molar-refractivity contribution in [3.63, 3.8) is 0 Å². The van der Waals surface area contributed by atoms with Crippen molar-refractivity contribution in [1.29, 1.82) is 0 Å². The molecule has 5 rings (SSSR count). The van der Waals surface area contributed by atoms with E-state index in [-0.39, 0.29) is 11.8 Å².